The Labute approximate surface area is 240 Å². The lowest BCUT2D eigenvalue weighted by atomic mass is 10.1. The maximum absolute atomic E-state index is 13.3. The average Bonchev–Trinajstić information content (AvgIpc) is 3.73. The first-order valence-electron chi connectivity index (χ1n) is 12.4. The molecule has 1 fully saturated rings. The van der Waals surface area contributed by atoms with Crippen molar-refractivity contribution in [2.75, 3.05) is 25.9 Å². The maximum Gasteiger partial charge on any atom is 0.320 e. The molecule has 1 aromatic heterocycles. The predicted molar refractivity (Wildman–Crippen MR) is 152 cm³/mol. The van der Waals surface area contributed by atoms with Crippen LogP contribution in [0.5, 0.6) is 17.2 Å². The van der Waals surface area contributed by atoms with Crippen molar-refractivity contribution in [1.29, 1.82) is 0 Å². The molecule has 0 aliphatic heterocycles. The van der Waals surface area contributed by atoms with Crippen LogP contribution in [0.3, 0.4) is 0 Å². The molecule has 0 radical (unpaired) electrons. The van der Waals surface area contributed by atoms with Crippen LogP contribution in [-0.4, -0.2) is 60.6 Å². The number of urea groups is 1. The fourth-order valence-electron chi connectivity index (χ4n) is 3.82. The number of benzene rings is 2. The third kappa shape index (κ3) is 7.65. The van der Waals surface area contributed by atoms with Crippen molar-refractivity contribution in [1.82, 2.24) is 20.5 Å². The van der Waals surface area contributed by atoms with E-state index in [1.54, 1.807) is 18.2 Å². The highest BCUT2D eigenvalue weighted by Crippen LogP contribution is 2.39. The minimum atomic E-state index is -3.84. The molecule has 15 heteroatoms. The Bertz CT molecular complexity index is 1530. The lowest BCUT2D eigenvalue weighted by Crippen LogP contribution is -2.38. The zero-order chi connectivity index (χ0) is 29.7. The number of carbonyl (C=O) groups excluding carboxylic acids is 2. The van der Waals surface area contributed by atoms with Crippen molar-refractivity contribution >= 4 is 53.5 Å². The largest absolute Gasteiger partial charge is 0.496 e. The number of halogens is 1. The third-order valence-electron chi connectivity index (χ3n) is 5.96. The van der Waals surface area contributed by atoms with Gasteiger partial charge in [0.25, 0.3) is 13.4 Å². The number of ether oxygens (including phenoxy) is 3. The summed E-state index contributed by atoms with van der Waals surface area (Å²) < 4.78 is 29.7. The Balaban J connectivity index is 1.60. The molecule has 2 atom stereocenters. The van der Waals surface area contributed by atoms with Gasteiger partial charge >= 0.3 is 12.0 Å². The topological polar surface area (TPSA) is 177 Å². The average molecular weight is 606 g/mol. The number of carbonyl (C=O) groups is 3. The summed E-state index contributed by atoms with van der Waals surface area (Å²) in [5.41, 5.74) is 0.847. The summed E-state index contributed by atoms with van der Waals surface area (Å²) >= 11 is 6.38. The molecule has 1 aliphatic carbocycles. The summed E-state index contributed by atoms with van der Waals surface area (Å²) in [6.07, 6.45) is 2.98. The number of aliphatic carboxylic acids is 1. The number of methoxy groups -OCH3 is 2. The number of rotatable bonds is 12. The van der Waals surface area contributed by atoms with Crippen molar-refractivity contribution in [3.05, 3.63) is 53.2 Å². The first kappa shape index (κ1) is 30.1. The molecule has 3 aromatic rings. The van der Waals surface area contributed by atoms with Crippen LogP contribution in [0, 0.1) is 0 Å². The minimum Gasteiger partial charge on any atom is -0.496 e. The second-order valence-electron chi connectivity index (χ2n) is 9.28. The Hall–Kier alpha value is -3.90. The minimum absolute atomic E-state index is 0.00166. The van der Waals surface area contributed by atoms with Crippen molar-refractivity contribution in [3.8, 4) is 17.2 Å². The van der Waals surface area contributed by atoms with E-state index in [-0.39, 0.29) is 28.4 Å². The monoisotopic (exact) mass is 605 g/mol. The highest BCUT2D eigenvalue weighted by Gasteiger charge is 2.31. The zero-order valence-corrected chi connectivity index (χ0v) is 24.0. The van der Waals surface area contributed by atoms with E-state index < -0.39 is 31.7 Å². The standard InChI is InChI=1S/C26H29ClN5O8P/c1-14(25(34)35)31-41(37,13-38-2)32-24(33)18-11-17-21(12-23(18)39-3)28-9-8-22(17)40-16-6-7-20(19(27)10-16)30-26(36)29-15-4-5-15/h6-12,14-15H,4-5,13H2,1-3H3,(H,34,35)(H2,29,30,36)(H2,31,32,33,37). The molecule has 0 spiro atoms. The quantitative estimate of drug-likeness (QED) is 0.184. The first-order chi connectivity index (χ1) is 19.5. The molecule has 3 amide bonds. The van der Waals surface area contributed by atoms with Crippen molar-refractivity contribution in [2.24, 2.45) is 0 Å². The number of carboxylic acids is 1. The van der Waals surface area contributed by atoms with Gasteiger partial charge in [-0.25, -0.2) is 9.88 Å². The molecule has 1 saturated carbocycles. The molecular formula is C26H29ClN5O8P. The van der Waals surface area contributed by atoms with Gasteiger partial charge in [-0.15, -0.1) is 0 Å². The van der Waals surface area contributed by atoms with Crippen molar-refractivity contribution < 1.29 is 38.3 Å². The van der Waals surface area contributed by atoms with Crippen LogP contribution in [0.25, 0.3) is 10.9 Å². The van der Waals surface area contributed by atoms with Gasteiger partial charge in [0.2, 0.25) is 0 Å². The Morgan fingerprint density at radius 2 is 1.90 bits per heavy atom. The van der Waals surface area contributed by atoms with E-state index in [0.29, 0.717) is 28.1 Å². The van der Waals surface area contributed by atoms with Gasteiger partial charge in [-0.05, 0) is 44.0 Å². The van der Waals surface area contributed by atoms with Crippen LogP contribution in [0.2, 0.25) is 5.02 Å². The Morgan fingerprint density at radius 1 is 1.15 bits per heavy atom. The van der Waals surface area contributed by atoms with E-state index in [4.69, 9.17) is 25.8 Å². The van der Waals surface area contributed by atoms with Gasteiger partial charge in [-0.3, -0.25) is 24.2 Å². The van der Waals surface area contributed by atoms with E-state index in [0.717, 1.165) is 12.8 Å². The molecule has 13 nitrogen and oxygen atoms in total. The van der Waals surface area contributed by atoms with Crippen LogP contribution in [-0.2, 0) is 14.1 Å². The van der Waals surface area contributed by atoms with Gasteiger partial charge in [-0.2, -0.15) is 0 Å². The lowest BCUT2D eigenvalue weighted by Gasteiger charge is -2.22. The SMILES string of the molecule is COCP(=O)(NC(=O)c1cc2c(Oc3ccc(NC(=O)NC4CC4)c(Cl)c3)ccnc2cc1OC)NC(C)C(=O)O. The molecule has 5 N–H and O–H groups in total. The lowest BCUT2D eigenvalue weighted by molar-refractivity contribution is -0.138. The summed E-state index contributed by atoms with van der Waals surface area (Å²) in [5, 5.41) is 20.2. The second-order valence-corrected chi connectivity index (χ2v) is 11.9. The Morgan fingerprint density at radius 3 is 2.54 bits per heavy atom. The number of nitrogens with one attached hydrogen (secondary N) is 4. The molecule has 4 rings (SSSR count). The normalized spacial score (nSPS) is 14.9. The summed E-state index contributed by atoms with van der Waals surface area (Å²) in [6.45, 7) is 1.29. The summed E-state index contributed by atoms with van der Waals surface area (Å²) in [6, 6.07) is 7.96. The van der Waals surface area contributed by atoms with Gasteiger partial charge in [-0.1, -0.05) is 11.6 Å². The molecule has 1 heterocycles. The predicted octanol–water partition coefficient (Wildman–Crippen LogP) is 4.56. The van der Waals surface area contributed by atoms with Gasteiger partial charge in [0.15, 0.2) is 0 Å². The fourth-order valence-corrected chi connectivity index (χ4v) is 5.79. The number of hydrogen-bond acceptors (Lipinski definition) is 8. The number of anilines is 1. The van der Waals surface area contributed by atoms with Crippen molar-refractivity contribution in [2.45, 2.75) is 31.8 Å². The van der Waals surface area contributed by atoms with Crippen LogP contribution in [0.1, 0.15) is 30.1 Å². The van der Waals surface area contributed by atoms with E-state index in [1.165, 1.54) is 45.5 Å². The molecular weight excluding hydrogens is 577 g/mol. The van der Waals surface area contributed by atoms with Crippen LogP contribution < -0.4 is 30.3 Å². The van der Waals surface area contributed by atoms with Crippen LogP contribution in [0.15, 0.2) is 42.6 Å². The smallest absolute Gasteiger partial charge is 0.320 e. The molecule has 218 valence electrons. The number of amides is 3. The third-order valence-corrected chi connectivity index (χ3v) is 8.27. The maximum atomic E-state index is 13.3. The number of hydrogen-bond donors (Lipinski definition) is 5. The zero-order valence-electron chi connectivity index (χ0n) is 22.4. The number of aromatic nitrogens is 1. The van der Waals surface area contributed by atoms with Crippen LogP contribution >= 0.6 is 19.0 Å². The molecule has 0 bridgehead atoms. The van der Waals surface area contributed by atoms with Gasteiger partial charge in [0.05, 0.1) is 28.9 Å². The highest BCUT2D eigenvalue weighted by molar-refractivity contribution is 7.60. The van der Waals surface area contributed by atoms with Crippen LogP contribution in [0.4, 0.5) is 10.5 Å². The van der Waals surface area contributed by atoms with E-state index in [2.05, 4.69) is 25.8 Å². The van der Waals surface area contributed by atoms with Crippen molar-refractivity contribution in [3.63, 3.8) is 0 Å². The fraction of sp³-hybridized carbons (Fsp3) is 0.308. The van der Waals surface area contributed by atoms with E-state index in [9.17, 15) is 24.1 Å². The summed E-state index contributed by atoms with van der Waals surface area (Å²) in [7, 11) is -1.20. The van der Waals surface area contributed by atoms with Gasteiger partial charge in [0.1, 0.15) is 29.6 Å². The second kappa shape index (κ2) is 12.7. The number of carboxylic acid groups (broad SMARTS) is 1. The first-order valence-corrected chi connectivity index (χ1v) is 14.7. The summed E-state index contributed by atoms with van der Waals surface area (Å²) in [4.78, 5) is 41.0. The molecule has 2 aromatic carbocycles. The number of nitrogens with zero attached hydrogens (tertiary/aromatic N) is 1. The van der Waals surface area contributed by atoms with E-state index in [1.807, 2.05) is 0 Å². The number of fused-ring (bicyclic) bond motifs is 1. The summed E-state index contributed by atoms with van der Waals surface area (Å²) in [5.74, 6) is -1.23. The molecule has 0 saturated heterocycles. The molecule has 1 aliphatic rings. The van der Waals surface area contributed by atoms with Gasteiger partial charge < -0.3 is 30.0 Å². The molecule has 2 unspecified atom stereocenters. The Kier molecular flexibility index (Phi) is 9.34. The highest BCUT2D eigenvalue weighted by atomic mass is 35.5. The van der Waals surface area contributed by atoms with Gasteiger partial charge in [0, 0.05) is 36.9 Å². The van der Waals surface area contributed by atoms with E-state index >= 15 is 0 Å². The molecule has 41 heavy (non-hydrogen) atoms. The number of pyridine rings is 1.